The summed E-state index contributed by atoms with van der Waals surface area (Å²) in [6.45, 7) is 6.05. The minimum atomic E-state index is -0.183. The molecule has 0 heterocycles. The molecule has 2 N–H and O–H groups in total. The highest BCUT2D eigenvalue weighted by Crippen LogP contribution is 2.19. The van der Waals surface area contributed by atoms with Crippen molar-refractivity contribution in [2.75, 3.05) is 13.7 Å². The van der Waals surface area contributed by atoms with Gasteiger partial charge in [0.25, 0.3) is 0 Å². The van der Waals surface area contributed by atoms with Crippen LogP contribution < -0.4 is 15.4 Å². The fraction of sp³-hybridized carbons (Fsp3) is 0.357. The van der Waals surface area contributed by atoms with Crippen molar-refractivity contribution in [1.29, 1.82) is 0 Å². The normalized spacial score (nSPS) is 11.4. The molecule has 0 saturated carbocycles. The first kappa shape index (κ1) is 14.1. The van der Waals surface area contributed by atoms with Gasteiger partial charge >= 0.3 is 6.03 Å². The maximum absolute atomic E-state index is 11.6. The molecule has 0 fully saturated rings. The van der Waals surface area contributed by atoms with E-state index in [2.05, 4.69) is 17.2 Å². The average Bonchev–Trinajstić information content (AvgIpc) is 2.42. The molecular weight excluding hydrogens is 228 g/mol. The van der Waals surface area contributed by atoms with Gasteiger partial charge in [0.2, 0.25) is 0 Å². The van der Waals surface area contributed by atoms with Crippen LogP contribution in [-0.4, -0.2) is 19.7 Å². The molecule has 0 radical (unpaired) electrons. The van der Waals surface area contributed by atoms with Crippen molar-refractivity contribution >= 4 is 6.03 Å². The van der Waals surface area contributed by atoms with Crippen LogP contribution in [-0.2, 0) is 0 Å². The molecule has 1 rings (SSSR count). The minimum Gasteiger partial charge on any atom is -0.497 e. The van der Waals surface area contributed by atoms with Crippen LogP contribution in [0.2, 0.25) is 0 Å². The summed E-state index contributed by atoms with van der Waals surface area (Å²) >= 11 is 0. The molecule has 1 atom stereocenters. The second-order valence-corrected chi connectivity index (χ2v) is 3.88. The zero-order valence-corrected chi connectivity index (χ0v) is 10.9. The predicted octanol–water partition coefficient (Wildman–Crippen LogP) is 2.63. The second kappa shape index (κ2) is 7.37. The number of benzene rings is 1. The highest BCUT2D eigenvalue weighted by atomic mass is 16.5. The van der Waals surface area contributed by atoms with Crippen LogP contribution >= 0.6 is 0 Å². The molecule has 0 aromatic heterocycles. The molecule has 0 aliphatic carbocycles. The first-order valence-corrected chi connectivity index (χ1v) is 6.00. The third kappa shape index (κ3) is 4.13. The first-order valence-electron chi connectivity index (χ1n) is 6.00. The third-order valence-electron chi connectivity index (χ3n) is 2.64. The molecule has 0 aliphatic rings. The largest absolute Gasteiger partial charge is 0.497 e. The van der Waals surface area contributed by atoms with Crippen molar-refractivity contribution in [2.24, 2.45) is 0 Å². The number of hydrogen-bond donors (Lipinski definition) is 2. The highest BCUT2D eigenvalue weighted by molar-refractivity contribution is 5.74. The molecule has 0 aliphatic heterocycles. The van der Waals surface area contributed by atoms with Crippen LogP contribution in [0, 0.1) is 0 Å². The molecule has 4 nitrogen and oxygen atoms in total. The number of urea groups is 1. The van der Waals surface area contributed by atoms with E-state index in [9.17, 15) is 4.79 Å². The fourth-order valence-electron chi connectivity index (χ4n) is 1.63. The van der Waals surface area contributed by atoms with Gasteiger partial charge in [0.15, 0.2) is 0 Å². The Hall–Kier alpha value is -1.97. The number of carbonyl (C=O) groups is 1. The molecular formula is C14H20N2O2. The number of methoxy groups -OCH3 is 1. The SMILES string of the molecule is C=CCNC(=O)NC(CC)c1ccc(OC)cc1. The van der Waals surface area contributed by atoms with Crippen molar-refractivity contribution in [1.82, 2.24) is 10.6 Å². The van der Waals surface area contributed by atoms with E-state index in [1.165, 1.54) is 0 Å². The lowest BCUT2D eigenvalue weighted by Crippen LogP contribution is -2.37. The van der Waals surface area contributed by atoms with Crippen LogP contribution in [0.25, 0.3) is 0 Å². The van der Waals surface area contributed by atoms with E-state index in [4.69, 9.17) is 4.74 Å². The molecule has 1 unspecified atom stereocenters. The molecule has 4 heteroatoms. The van der Waals surface area contributed by atoms with E-state index in [0.29, 0.717) is 6.54 Å². The molecule has 1 aromatic rings. The summed E-state index contributed by atoms with van der Waals surface area (Å²) in [5, 5.41) is 5.61. The standard InChI is InChI=1S/C14H20N2O2/c1-4-10-15-14(17)16-13(5-2)11-6-8-12(18-3)9-7-11/h4,6-9,13H,1,5,10H2,2-3H3,(H2,15,16,17). The summed E-state index contributed by atoms with van der Waals surface area (Å²) in [4.78, 5) is 11.6. The average molecular weight is 248 g/mol. The van der Waals surface area contributed by atoms with Gasteiger partial charge in [0, 0.05) is 6.54 Å². The number of carbonyl (C=O) groups excluding carboxylic acids is 1. The quantitative estimate of drug-likeness (QED) is 0.760. The van der Waals surface area contributed by atoms with Crippen LogP contribution in [0.15, 0.2) is 36.9 Å². The lowest BCUT2D eigenvalue weighted by atomic mass is 10.0. The Morgan fingerprint density at radius 2 is 2.11 bits per heavy atom. The summed E-state index contributed by atoms with van der Waals surface area (Å²) in [6.07, 6.45) is 2.47. The zero-order valence-electron chi connectivity index (χ0n) is 10.9. The van der Waals surface area contributed by atoms with E-state index in [0.717, 1.165) is 17.7 Å². The van der Waals surface area contributed by atoms with Gasteiger partial charge in [0.05, 0.1) is 13.2 Å². The Labute approximate surface area is 108 Å². The smallest absolute Gasteiger partial charge is 0.315 e. The van der Waals surface area contributed by atoms with Crippen molar-refractivity contribution in [3.05, 3.63) is 42.5 Å². The Kier molecular flexibility index (Phi) is 5.77. The Balaban J connectivity index is 2.64. The number of ether oxygens (including phenoxy) is 1. The molecule has 0 bridgehead atoms. The second-order valence-electron chi connectivity index (χ2n) is 3.88. The molecule has 1 aromatic carbocycles. The van der Waals surface area contributed by atoms with E-state index in [1.54, 1.807) is 13.2 Å². The van der Waals surface area contributed by atoms with Crippen LogP contribution in [0.4, 0.5) is 4.79 Å². The monoisotopic (exact) mass is 248 g/mol. The number of rotatable bonds is 6. The minimum absolute atomic E-state index is 0.000668. The number of nitrogens with one attached hydrogen (secondary N) is 2. The number of hydrogen-bond acceptors (Lipinski definition) is 2. The van der Waals surface area contributed by atoms with E-state index >= 15 is 0 Å². The molecule has 18 heavy (non-hydrogen) atoms. The van der Waals surface area contributed by atoms with Gasteiger partial charge in [0.1, 0.15) is 5.75 Å². The predicted molar refractivity (Wildman–Crippen MR) is 72.8 cm³/mol. The van der Waals surface area contributed by atoms with Crippen LogP contribution in [0.5, 0.6) is 5.75 Å². The van der Waals surface area contributed by atoms with Crippen molar-refractivity contribution in [3.8, 4) is 5.75 Å². The lowest BCUT2D eigenvalue weighted by Gasteiger charge is -2.18. The van der Waals surface area contributed by atoms with Gasteiger partial charge in [-0.15, -0.1) is 6.58 Å². The van der Waals surface area contributed by atoms with Gasteiger partial charge in [-0.1, -0.05) is 25.1 Å². The summed E-state index contributed by atoms with van der Waals surface area (Å²) in [6, 6.07) is 7.52. The van der Waals surface area contributed by atoms with Crippen molar-refractivity contribution in [3.63, 3.8) is 0 Å². The topological polar surface area (TPSA) is 50.4 Å². The summed E-state index contributed by atoms with van der Waals surface area (Å²) < 4.78 is 5.11. The third-order valence-corrected chi connectivity index (χ3v) is 2.64. The van der Waals surface area contributed by atoms with Crippen molar-refractivity contribution < 1.29 is 9.53 Å². The van der Waals surface area contributed by atoms with Gasteiger partial charge in [-0.2, -0.15) is 0 Å². The number of amides is 2. The fourth-order valence-corrected chi connectivity index (χ4v) is 1.63. The molecule has 2 amide bonds. The Morgan fingerprint density at radius 1 is 1.44 bits per heavy atom. The Bertz CT molecular complexity index is 387. The highest BCUT2D eigenvalue weighted by Gasteiger charge is 2.11. The van der Waals surface area contributed by atoms with Crippen LogP contribution in [0.3, 0.4) is 0 Å². The molecule has 98 valence electrons. The van der Waals surface area contributed by atoms with Gasteiger partial charge < -0.3 is 15.4 Å². The maximum atomic E-state index is 11.6. The zero-order chi connectivity index (χ0) is 13.4. The van der Waals surface area contributed by atoms with Gasteiger partial charge in [-0.05, 0) is 24.1 Å². The van der Waals surface area contributed by atoms with Crippen molar-refractivity contribution in [2.45, 2.75) is 19.4 Å². The van der Waals surface area contributed by atoms with E-state index in [-0.39, 0.29) is 12.1 Å². The van der Waals surface area contributed by atoms with Crippen LogP contribution in [0.1, 0.15) is 24.9 Å². The Morgan fingerprint density at radius 3 is 2.61 bits per heavy atom. The lowest BCUT2D eigenvalue weighted by molar-refractivity contribution is 0.237. The maximum Gasteiger partial charge on any atom is 0.315 e. The first-order chi connectivity index (χ1) is 8.71. The molecule has 0 spiro atoms. The van der Waals surface area contributed by atoms with E-state index in [1.807, 2.05) is 31.2 Å². The summed E-state index contributed by atoms with van der Waals surface area (Å²) in [7, 11) is 1.63. The summed E-state index contributed by atoms with van der Waals surface area (Å²) in [5.74, 6) is 0.810. The van der Waals surface area contributed by atoms with Gasteiger partial charge in [-0.25, -0.2) is 4.79 Å². The van der Waals surface area contributed by atoms with Gasteiger partial charge in [-0.3, -0.25) is 0 Å². The van der Waals surface area contributed by atoms with E-state index < -0.39 is 0 Å². The molecule has 0 saturated heterocycles. The summed E-state index contributed by atoms with van der Waals surface area (Å²) in [5.41, 5.74) is 1.06.